The van der Waals surface area contributed by atoms with E-state index in [0.29, 0.717) is 23.9 Å². The van der Waals surface area contributed by atoms with Crippen molar-refractivity contribution in [1.29, 1.82) is 0 Å². The third kappa shape index (κ3) is 6.97. The third-order valence-corrected chi connectivity index (χ3v) is 6.30. The van der Waals surface area contributed by atoms with Gasteiger partial charge in [-0.3, -0.25) is 4.99 Å². The number of guanidine groups is 1. The minimum Gasteiger partial charge on any atom is -0.352 e. The lowest BCUT2D eigenvalue weighted by molar-refractivity contribution is 0.581. The number of hydrogen-bond acceptors (Lipinski definition) is 3. The monoisotopic (exact) mass is 528 g/mol. The van der Waals surface area contributed by atoms with Gasteiger partial charge in [-0.25, -0.2) is 13.1 Å². The molecule has 1 fully saturated rings. The lowest BCUT2D eigenvalue weighted by Gasteiger charge is -2.14. The van der Waals surface area contributed by atoms with Crippen LogP contribution in [0, 0.1) is 13.8 Å². The number of rotatable bonds is 7. The fraction of sp³-hybridized carbons (Fsp3) is 0.381. The second kappa shape index (κ2) is 10.4. The van der Waals surface area contributed by atoms with Crippen LogP contribution in [0.4, 0.5) is 0 Å². The average Bonchev–Trinajstić information content (AvgIpc) is 3.47. The molecule has 0 heterocycles. The van der Waals surface area contributed by atoms with Crippen molar-refractivity contribution in [2.24, 2.45) is 4.99 Å². The van der Waals surface area contributed by atoms with Crippen molar-refractivity contribution in [3.63, 3.8) is 0 Å². The van der Waals surface area contributed by atoms with Gasteiger partial charge in [-0.1, -0.05) is 35.9 Å². The maximum Gasteiger partial charge on any atom is 0.240 e. The second-order valence-electron chi connectivity index (χ2n) is 7.25. The zero-order valence-corrected chi connectivity index (χ0v) is 20.2. The molecule has 1 aliphatic carbocycles. The van der Waals surface area contributed by atoms with Crippen molar-refractivity contribution >= 4 is 40.0 Å². The molecule has 2 aromatic rings. The highest BCUT2D eigenvalue weighted by atomic mass is 127. The number of aryl methyl sites for hydroxylation is 2. The first kappa shape index (κ1) is 23.6. The van der Waals surface area contributed by atoms with Crippen LogP contribution in [0.3, 0.4) is 0 Å². The van der Waals surface area contributed by atoms with Crippen LogP contribution < -0.4 is 15.4 Å². The Balaban J connectivity index is 0.00000300. The van der Waals surface area contributed by atoms with Gasteiger partial charge in [0.15, 0.2) is 5.96 Å². The molecule has 0 atom stereocenters. The minimum absolute atomic E-state index is 0. The number of halogens is 1. The van der Waals surface area contributed by atoms with Crippen LogP contribution in [0.5, 0.6) is 0 Å². The van der Waals surface area contributed by atoms with Gasteiger partial charge in [0, 0.05) is 26.2 Å². The van der Waals surface area contributed by atoms with Gasteiger partial charge < -0.3 is 10.6 Å². The Labute approximate surface area is 190 Å². The number of nitrogens with one attached hydrogen (secondary N) is 3. The topological polar surface area (TPSA) is 82.6 Å². The van der Waals surface area contributed by atoms with Crippen LogP contribution in [0.1, 0.15) is 35.1 Å². The van der Waals surface area contributed by atoms with E-state index in [2.05, 4.69) is 52.4 Å². The smallest absolute Gasteiger partial charge is 0.240 e. The maximum atomic E-state index is 12.2. The fourth-order valence-corrected chi connectivity index (χ4v) is 4.21. The maximum absolute atomic E-state index is 12.2. The Hall–Kier alpha value is -1.65. The second-order valence-corrected chi connectivity index (χ2v) is 8.96. The summed E-state index contributed by atoms with van der Waals surface area (Å²) in [5.41, 5.74) is 4.72. The van der Waals surface area contributed by atoms with Gasteiger partial charge in [0.1, 0.15) is 0 Å². The van der Waals surface area contributed by atoms with Crippen molar-refractivity contribution < 1.29 is 8.42 Å². The summed E-state index contributed by atoms with van der Waals surface area (Å²) >= 11 is 0. The van der Waals surface area contributed by atoms with E-state index in [1.54, 1.807) is 19.2 Å². The summed E-state index contributed by atoms with van der Waals surface area (Å²) in [6, 6.07) is 13.4. The molecule has 1 saturated carbocycles. The lowest BCUT2D eigenvalue weighted by Crippen LogP contribution is -2.36. The molecule has 158 valence electrons. The zero-order valence-electron chi connectivity index (χ0n) is 17.0. The summed E-state index contributed by atoms with van der Waals surface area (Å²) in [5.74, 6) is 0.701. The Bertz CT molecular complexity index is 955. The highest BCUT2D eigenvalue weighted by Crippen LogP contribution is 2.22. The van der Waals surface area contributed by atoms with Crippen molar-refractivity contribution in [2.45, 2.75) is 50.7 Å². The first-order valence-electron chi connectivity index (χ1n) is 9.49. The predicted molar refractivity (Wildman–Crippen MR) is 128 cm³/mol. The van der Waals surface area contributed by atoms with E-state index in [0.717, 1.165) is 18.4 Å². The first-order chi connectivity index (χ1) is 13.4. The van der Waals surface area contributed by atoms with Gasteiger partial charge in [-0.2, -0.15) is 0 Å². The first-order valence-corrected chi connectivity index (χ1v) is 11.0. The van der Waals surface area contributed by atoms with Crippen LogP contribution in [0.15, 0.2) is 52.4 Å². The minimum atomic E-state index is -3.40. The van der Waals surface area contributed by atoms with Crippen LogP contribution in [-0.4, -0.2) is 27.5 Å². The summed E-state index contributed by atoms with van der Waals surface area (Å²) in [6.07, 6.45) is 1.85. The Morgan fingerprint density at radius 2 is 1.69 bits per heavy atom. The molecule has 0 unspecified atom stereocenters. The van der Waals surface area contributed by atoms with Gasteiger partial charge in [0.25, 0.3) is 0 Å². The summed E-state index contributed by atoms with van der Waals surface area (Å²) in [4.78, 5) is 4.56. The summed E-state index contributed by atoms with van der Waals surface area (Å²) in [5, 5.41) is 6.57. The lowest BCUT2D eigenvalue weighted by atomic mass is 10.1. The van der Waals surface area contributed by atoms with Crippen LogP contribution in [0.2, 0.25) is 0 Å². The standard InChI is InChI=1S/C21H28N4O2S.HI/c1-15-4-7-18(16(2)12-15)14-24-21(22-3)23-13-17-5-10-20(11-6-17)28(26,27)25-19-8-9-19;/h4-7,10-12,19,25H,8-9,13-14H2,1-3H3,(H2,22,23,24);1H. The summed E-state index contributed by atoms with van der Waals surface area (Å²) in [6.45, 7) is 5.44. The Kier molecular flexibility index (Phi) is 8.47. The number of aliphatic imine (C=N–C) groups is 1. The van der Waals surface area contributed by atoms with Crippen LogP contribution in [0.25, 0.3) is 0 Å². The number of sulfonamides is 1. The molecule has 0 aromatic heterocycles. The van der Waals surface area contributed by atoms with E-state index < -0.39 is 10.0 Å². The molecule has 3 rings (SSSR count). The van der Waals surface area contributed by atoms with E-state index in [1.165, 1.54) is 16.7 Å². The third-order valence-electron chi connectivity index (χ3n) is 4.76. The molecule has 2 aromatic carbocycles. The summed E-state index contributed by atoms with van der Waals surface area (Å²) in [7, 11) is -1.67. The number of nitrogens with zero attached hydrogens (tertiary/aromatic N) is 1. The molecular formula is C21H29IN4O2S. The van der Waals surface area contributed by atoms with Crippen molar-refractivity contribution in [3.05, 3.63) is 64.7 Å². The SMILES string of the molecule is CN=C(NCc1ccc(S(=O)(=O)NC2CC2)cc1)NCc1ccc(C)cc1C.I. The van der Waals surface area contributed by atoms with E-state index in [9.17, 15) is 8.42 Å². The normalized spacial score (nSPS) is 14.2. The highest BCUT2D eigenvalue weighted by Gasteiger charge is 2.27. The van der Waals surface area contributed by atoms with Crippen LogP contribution >= 0.6 is 24.0 Å². The van der Waals surface area contributed by atoms with Crippen molar-refractivity contribution in [3.8, 4) is 0 Å². The molecule has 0 radical (unpaired) electrons. The quantitative estimate of drug-likeness (QED) is 0.293. The van der Waals surface area contributed by atoms with Crippen molar-refractivity contribution in [2.75, 3.05) is 7.05 Å². The van der Waals surface area contributed by atoms with Crippen LogP contribution in [-0.2, 0) is 23.1 Å². The van der Waals surface area contributed by atoms with Gasteiger partial charge in [-0.15, -0.1) is 24.0 Å². The summed E-state index contributed by atoms with van der Waals surface area (Å²) < 4.78 is 27.1. The predicted octanol–water partition coefficient (Wildman–Crippen LogP) is 3.23. The van der Waals surface area contributed by atoms with Gasteiger partial charge >= 0.3 is 0 Å². The molecule has 0 saturated heterocycles. The van der Waals surface area contributed by atoms with Gasteiger partial charge in [-0.05, 0) is 55.5 Å². The molecule has 0 amide bonds. The molecule has 3 N–H and O–H groups in total. The fourth-order valence-electron chi connectivity index (χ4n) is 2.90. The van der Waals surface area contributed by atoms with E-state index in [-0.39, 0.29) is 30.0 Å². The highest BCUT2D eigenvalue weighted by molar-refractivity contribution is 14.0. The molecule has 0 spiro atoms. The van der Waals surface area contributed by atoms with E-state index in [4.69, 9.17) is 0 Å². The van der Waals surface area contributed by atoms with E-state index in [1.807, 2.05) is 12.1 Å². The zero-order chi connectivity index (χ0) is 20.1. The molecule has 6 nitrogen and oxygen atoms in total. The average molecular weight is 528 g/mol. The Morgan fingerprint density at radius 1 is 1.03 bits per heavy atom. The molecule has 0 aliphatic heterocycles. The molecule has 0 bridgehead atoms. The van der Waals surface area contributed by atoms with Crippen molar-refractivity contribution in [1.82, 2.24) is 15.4 Å². The number of benzene rings is 2. The Morgan fingerprint density at radius 3 is 2.28 bits per heavy atom. The van der Waals surface area contributed by atoms with Gasteiger partial charge in [0.05, 0.1) is 4.90 Å². The molecule has 29 heavy (non-hydrogen) atoms. The largest absolute Gasteiger partial charge is 0.352 e. The molecular weight excluding hydrogens is 499 g/mol. The molecule has 8 heteroatoms. The number of hydrogen-bond donors (Lipinski definition) is 3. The van der Waals surface area contributed by atoms with Gasteiger partial charge in [0.2, 0.25) is 10.0 Å². The molecule has 1 aliphatic rings. The van der Waals surface area contributed by atoms with E-state index >= 15 is 0 Å².